The second-order valence-corrected chi connectivity index (χ2v) is 6.04. The smallest absolute Gasteiger partial charge is 0.251 e. The van der Waals surface area contributed by atoms with Crippen molar-refractivity contribution < 1.29 is 9.90 Å². The molecule has 2 heterocycles. The third-order valence-corrected chi connectivity index (χ3v) is 4.17. The zero-order valence-electron chi connectivity index (χ0n) is 13.6. The van der Waals surface area contributed by atoms with Gasteiger partial charge in [0.15, 0.2) is 0 Å². The van der Waals surface area contributed by atoms with E-state index in [2.05, 4.69) is 20.2 Å². The van der Waals surface area contributed by atoms with Gasteiger partial charge in [0.25, 0.3) is 5.91 Å². The third kappa shape index (κ3) is 4.37. The molecule has 1 aromatic heterocycles. The number of aromatic nitrogens is 2. The van der Waals surface area contributed by atoms with E-state index in [1.807, 2.05) is 12.1 Å². The fraction of sp³-hybridized carbons (Fsp3) is 0.389. The molecule has 1 amide bonds. The molecular weight excluding hydrogens is 304 g/mol. The highest BCUT2D eigenvalue weighted by atomic mass is 16.3. The third-order valence-electron chi connectivity index (χ3n) is 4.17. The molecule has 1 saturated heterocycles. The molecule has 0 aliphatic carbocycles. The molecule has 1 aliphatic heterocycles. The normalized spacial score (nSPS) is 16.0. The van der Waals surface area contributed by atoms with E-state index in [-0.39, 0.29) is 12.5 Å². The summed E-state index contributed by atoms with van der Waals surface area (Å²) in [6, 6.07) is 7.21. The lowest BCUT2D eigenvalue weighted by atomic mass is 10.1. The molecular formula is C18H22N4O2. The molecule has 6 nitrogen and oxygen atoms in total. The number of carbonyl (C=O) groups is 1. The summed E-state index contributed by atoms with van der Waals surface area (Å²) in [4.78, 5) is 22.7. The number of aliphatic hydroxyl groups excluding tert-OH is 1. The molecule has 0 bridgehead atoms. The van der Waals surface area contributed by atoms with Gasteiger partial charge in [0.2, 0.25) is 0 Å². The van der Waals surface area contributed by atoms with E-state index in [9.17, 15) is 9.90 Å². The van der Waals surface area contributed by atoms with Crippen molar-refractivity contribution >= 4 is 5.91 Å². The summed E-state index contributed by atoms with van der Waals surface area (Å²) < 4.78 is 0. The Bertz CT molecular complexity index is 654. The van der Waals surface area contributed by atoms with Crippen molar-refractivity contribution in [3.8, 4) is 11.3 Å². The number of amides is 1. The number of carbonyl (C=O) groups excluding carboxylic acids is 1. The number of rotatable bonds is 6. The molecule has 1 atom stereocenters. The van der Waals surface area contributed by atoms with Gasteiger partial charge in [-0.2, -0.15) is 0 Å². The van der Waals surface area contributed by atoms with Gasteiger partial charge >= 0.3 is 0 Å². The molecule has 0 spiro atoms. The Morgan fingerprint density at radius 3 is 2.62 bits per heavy atom. The van der Waals surface area contributed by atoms with Crippen molar-refractivity contribution in [2.75, 3.05) is 26.2 Å². The lowest BCUT2D eigenvalue weighted by Crippen LogP contribution is -2.39. The van der Waals surface area contributed by atoms with Gasteiger partial charge < -0.3 is 15.3 Å². The standard InChI is InChI=1S/C18H22N4O2/c23-16(13-22-9-1-2-10-22)11-21-18(24)15-5-3-14(4-6-15)17-12-19-7-8-20-17/h3-8,12,16,23H,1-2,9-11,13H2,(H,21,24)/t16-/m1/s1. The summed E-state index contributed by atoms with van der Waals surface area (Å²) in [5.74, 6) is -0.179. The monoisotopic (exact) mass is 326 g/mol. The Morgan fingerprint density at radius 2 is 1.96 bits per heavy atom. The van der Waals surface area contributed by atoms with E-state index >= 15 is 0 Å². The van der Waals surface area contributed by atoms with E-state index in [1.54, 1.807) is 30.7 Å². The zero-order chi connectivity index (χ0) is 16.8. The Balaban J connectivity index is 1.51. The second-order valence-electron chi connectivity index (χ2n) is 6.04. The Labute approximate surface area is 141 Å². The van der Waals surface area contributed by atoms with Gasteiger partial charge in [0, 0.05) is 36.6 Å². The van der Waals surface area contributed by atoms with Crippen molar-refractivity contribution in [3.05, 3.63) is 48.4 Å². The van der Waals surface area contributed by atoms with Crippen LogP contribution >= 0.6 is 0 Å². The highest BCUT2D eigenvalue weighted by molar-refractivity contribution is 5.94. The number of nitrogens with one attached hydrogen (secondary N) is 1. The van der Waals surface area contributed by atoms with Crippen LogP contribution in [0, 0.1) is 0 Å². The quantitative estimate of drug-likeness (QED) is 0.837. The Kier molecular flexibility index (Phi) is 5.51. The minimum absolute atomic E-state index is 0.179. The maximum absolute atomic E-state index is 12.2. The van der Waals surface area contributed by atoms with Gasteiger partial charge in [-0.05, 0) is 38.1 Å². The number of likely N-dealkylation sites (tertiary alicyclic amines) is 1. The molecule has 0 unspecified atom stereocenters. The van der Waals surface area contributed by atoms with Gasteiger partial charge in [-0.25, -0.2) is 0 Å². The Hall–Kier alpha value is -2.31. The Morgan fingerprint density at radius 1 is 1.21 bits per heavy atom. The molecule has 2 aromatic rings. The topological polar surface area (TPSA) is 78.4 Å². The highest BCUT2D eigenvalue weighted by Crippen LogP contribution is 2.16. The first-order chi connectivity index (χ1) is 11.7. The molecule has 0 radical (unpaired) electrons. The van der Waals surface area contributed by atoms with Crippen molar-refractivity contribution in [2.24, 2.45) is 0 Å². The minimum Gasteiger partial charge on any atom is -0.390 e. The average Bonchev–Trinajstić information content (AvgIpc) is 3.13. The highest BCUT2D eigenvalue weighted by Gasteiger charge is 2.16. The first-order valence-corrected chi connectivity index (χ1v) is 8.27. The van der Waals surface area contributed by atoms with E-state index in [1.165, 1.54) is 12.8 Å². The van der Waals surface area contributed by atoms with E-state index in [4.69, 9.17) is 0 Å². The van der Waals surface area contributed by atoms with Crippen molar-refractivity contribution in [1.29, 1.82) is 0 Å². The summed E-state index contributed by atoms with van der Waals surface area (Å²) in [6.45, 7) is 2.96. The van der Waals surface area contributed by atoms with Crippen LogP contribution in [0.2, 0.25) is 0 Å². The van der Waals surface area contributed by atoms with Crippen molar-refractivity contribution in [2.45, 2.75) is 18.9 Å². The molecule has 1 aliphatic rings. The number of β-amino-alcohol motifs (C(OH)–C–C–N with tert-alkyl or cyclic N) is 1. The number of nitrogens with zero attached hydrogens (tertiary/aromatic N) is 3. The van der Waals surface area contributed by atoms with Crippen LogP contribution in [0.3, 0.4) is 0 Å². The van der Waals surface area contributed by atoms with Crippen LogP contribution in [0.15, 0.2) is 42.9 Å². The van der Waals surface area contributed by atoms with Gasteiger partial charge in [0.1, 0.15) is 0 Å². The van der Waals surface area contributed by atoms with Gasteiger partial charge in [0.05, 0.1) is 18.0 Å². The van der Waals surface area contributed by atoms with Gasteiger partial charge in [-0.3, -0.25) is 14.8 Å². The van der Waals surface area contributed by atoms with Crippen LogP contribution < -0.4 is 5.32 Å². The van der Waals surface area contributed by atoms with E-state index < -0.39 is 6.10 Å². The SMILES string of the molecule is O=C(NC[C@@H](O)CN1CCCC1)c1ccc(-c2cnccn2)cc1. The second kappa shape index (κ2) is 7.99. The lowest BCUT2D eigenvalue weighted by Gasteiger charge is -2.19. The van der Waals surface area contributed by atoms with Crippen molar-refractivity contribution in [1.82, 2.24) is 20.2 Å². The average molecular weight is 326 g/mol. The number of benzene rings is 1. The first-order valence-electron chi connectivity index (χ1n) is 8.27. The molecule has 3 rings (SSSR count). The van der Waals surface area contributed by atoms with Gasteiger partial charge in [-0.1, -0.05) is 12.1 Å². The largest absolute Gasteiger partial charge is 0.390 e. The minimum atomic E-state index is -0.536. The zero-order valence-corrected chi connectivity index (χ0v) is 13.6. The van der Waals surface area contributed by atoms with Crippen LogP contribution in [-0.4, -0.2) is 58.2 Å². The number of hydrogen-bond acceptors (Lipinski definition) is 5. The molecule has 2 N–H and O–H groups in total. The summed E-state index contributed by atoms with van der Waals surface area (Å²) >= 11 is 0. The van der Waals surface area contributed by atoms with E-state index in [0.29, 0.717) is 12.1 Å². The predicted molar refractivity (Wildman–Crippen MR) is 91.5 cm³/mol. The van der Waals surface area contributed by atoms with E-state index in [0.717, 1.165) is 24.3 Å². The summed E-state index contributed by atoms with van der Waals surface area (Å²) in [5.41, 5.74) is 2.25. The molecule has 1 aromatic carbocycles. The van der Waals surface area contributed by atoms with Crippen LogP contribution in [-0.2, 0) is 0 Å². The van der Waals surface area contributed by atoms with Crippen LogP contribution in [0.4, 0.5) is 0 Å². The fourth-order valence-corrected chi connectivity index (χ4v) is 2.88. The fourth-order valence-electron chi connectivity index (χ4n) is 2.88. The van der Waals surface area contributed by atoms with Crippen LogP contribution in [0.1, 0.15) is 23.2 Å². The molecule has 1 fully saturated rings. The van der Waals surface area contributed by atoms with Gasteiger partial charge in [-0.15, -0.1) is 0 Å². The number of hydrogen-bond donors (Lipinski definition) is 2. The van der Waals surface area contributed by atoms with Crippen LogP contribution in [0.5, 0.6) is 0 Å². The molecule has 0 saturated carbocycles. The maximum atomic E-state index is 12.2. The summed E-state index contributed by atoms with van der Waals surface area (Å²) in [6.07, 6.45) is 6.79. The summed E-state index contributed by atoms with van der Waals surface area (Å²) in [7, 11) is 0. The maximum Gasteiger partial charge on any atom is 0.251 e. The van der Waals surface area contributed by atoms with Crippen LogP contribution in [0.25, 0.3) is 11.3 Å². The molecule has 126 valence electrons. The molecule has 6 heteroatoms. The lowest BCUT2D eigenvalue weighted by molar-refractivity contribution is 0.0879. The first kappa shape index (κ1) is 16.5. The molecule has 24 heavy (non-hydrogen) atoms. The van der Waals surface area contributed by atoms with Crippen molar-refractivity contribution in [3.63, 3.8) is 0 Å². The summed E-state index contributed by atoms with van der Waals surface area (Å²) in [5, 5.41) is 12.8. The predicted octanol–water partition coefficient (Wildman–Crippen LogP) is 1.33. The number of aliphatic hydroxyl groups is 1.